The van der Waals surface area contributed by atoms with Crippen LogP contribution in [0.2, 0.25) is 5.02 Å². The zero-order valence-corrected chi connectivity index (χ0v) is 20.1. The fourth-order valence-electron chi connectivity index (χ4n) is 4.63. The lowest BCUT2D eigenvalue weighted by Crippen LogP contribution is -2.49. The topological polar surface area (TPSA) is 94.4 Å². The van der Waals surface area contributed by atoms with Crippen LogP contribution in [0.1, 0.15) is 16.8 Å². The van der Waals surface area contributed by atoms with Gasteiger partial charge >= 0.3 is 0 Å². The molecule has 1 amide bonds. The minimum atomic E-state index is 0.127. The van der Waals surface area contributed by atoms with Crippen LogP contribution in [0.25, 0.3) is 21.8 Å². The fraction of sp³-hybridized carbons (Fsp3) is 0.320. The molecule has 0 bridgehead atoms. The number of aromatic amines is 1. The molecular weight excluding hydrogens is 450 g/mol. The van der Waals surface area contributed by atoms with Crippen molar-refractivity contribution in [2.45, 2.75) is 19.6 Å². The number of aromatic nitrogens is 3. The van der Waals surface area contributed by atoms with Crippen molar-refractivity contribution in [1.29, 1.82) is 0 Å². The molecule has 0 radical (unpaired) electrons. The Bertz CT molecular complexity index is 1370. The maximum atomic E-state index is 13.0. The summed E-state index contributed by atoms with van der Waals surface area (Å²) >= 11 is 6.27. The molecule has 9 heteroatoms. The molecule has 2 aromatic carbocycles. The quantitative estimate of drug-likeness (QED) is 0.442. The highest BCUT2D eigenvalue weighted by Gasteiger charge is 2.25. The van der Waals surface area contributed by atoms with Gasteiger partial charge in [0.2, 0.25) is 5.91 Å². The SMILES string of the molecule is CN(C)Cc1c(CN2CCN(Cc3ccc4c(N)ncnc4c3)C(=O)C2)[nH]c2ccc(Cl)cc12. The molecule has 3 heterocycles. The maximum absolute atomic E-state index is 13.0. The average Bonchev–Trinajstić information content (AvgIpc) is 3.11. The number of fused-ring (bicyclic) bond motifs is 2. The van der Waals surface area contributed by atoms with Crippen molar-refractivity contribution in [1.82, 2.24) is 29.7 Å². The Kier molecular flexibility index (Phi) is 6.12. The van der Waals surface area contributed by atoms with Crippen molar-refractivity contribution in [3.05, 3.63) is 64.6 Å². The number of benzene rings is 2. The van der Waals surface area contributed by atoms with Crippen LogP contribution < -0.4 is 5.73 Å². The molecule has 8 nitrogen and oxygen atoms in total. The minimum absolute atomic E-state index is 0.127. The first-order chi connectivity index (χ1) is 16.4. The van der Waals surface area contributed by atoms with E-state index in [0.717, 1.165) is 51.2 Å². The molecule has 1 aliphatic rings. The summed E-state index contributed by atoms with van der Waals surface area (Å²) in [6.07, 6.45) is 1.47. The smallest absolute Gasteiger partial charge is 0.237 e. The van der Waals surface area contributed by atoms with Gasteiger partial charge < -0.3 is 20.5 Å². The van der Waals surface area contributed by atoms with Crippen LogP contribution in [0.5, 0.6) is 0 Å². The Morgan fingerprint density at radius 3 is 2.74 bits per heavy atom. The first-order valence-corrected chi connectivity index (χ1v) is 11.7. The van der Waals surface area contributed by atoms with E-state index in [1.807, 2.05) is 41.3 Å². The summed E-state index contributed by atoms with van der Waals surface area (Å²) in [7, 11) is 4.12. The number of piperazine rings is 1. The lowest BCUT2D eigenvalue weighted by molar-refractivity contribution is -0.136. The second kappa shape index (κ2) is 9.21. The van der Waals surface area contributed by atoms with Crippen molar-refractivity contribution in [2.24, 2.45) is 0 Å². The number of rotatable bonds is 6. The van der Waals surface area contributed by atoms with Gasteiger partial charge in [-0.15, -0.1) is 0 Å². The molecule has 1 fully saturated rings. The number of hydrogen-bond donors (Lipinski definition) is 2. The fourth-order valence-corrected chi connectivity index (χ4v) is 4.80. The van der Waals surface area contributed by atoms with Crippen molar-refractivity contribution < 1.29 is 4.79 Å². The maximum Gasteiger partial charge on any atom is 0.237 e. The van der Waals surface area contributed by atoms with E-state index in [2.05, 4.69) is 38.8 Å². The van der Waals surface area contributed by atoms with Crippen LogP contribution in [-0.2, 0) is 24.4 Å². The van der Waals surface area contributed by atoms with Gasteiger partial charge in [0, 0.05) is 59.7 Å². The van der Waals surface area contributed by atoms with E-state index >= 15 is 0 Å². The van der Waals surface area contributed by atoms with Crippen LogP contribution >= 0.6 is 11.6 Å². The molecule has 1 saturated heterocycles. The number of nitrogens with two attached hydrogens (primary N) is 1. The number of nitrogens with one attached hydrogen (secondary N) is 1. The highest BCUT2D eigenvalue weighted by Crippen LogP contribution is 2.28. The predicted octanol–water partition coefficient (Wildman–Crippen LogP) is 3.25. The molecule has 2 aromatic heterocycles. The van der Waals surface area contributed by atoms with Crippen LogP contribution in [-0.4, -0.2) is 69.3 Å². The number of nitrogens with zero attached hydrogens (tertiary/aromatic N) is 5. The van der Waals surface area contributed by atoms with E-state index in [0.29, 0.717) is 32.0 Å². The molecule has 1 aliphatic heterocycles. The molecule has 34 heavy (non-hydrogen) atoms. The lowest BCUT2D eigenvalue weighted by Gasteiger charge is -2.34. The van der Waals surface area contributed by atoms with E-state index in [4.69, 9.17) is 17.3 Å². The molecule has 176 valence electrons. The van der Waals surface area contributed by atoms with Gasteiger partial charge in [-0.05, 0) is 55.6 Å². The van der Waals surface area contributed by atoms with Gasteiger partial charge in [-0.25, -0.2) is 9.97 Å². The zero-order chi connectivity index (χ0) is 23.8. The standard InChI is InChI=1S/C25H28ClN7O/c1-31(2)12-20-19-10-17(26)4-6-21(19)30-23(20)13-32-7-8-33(24(34)14-32)11-16-3-5-18-22(9-16)28-15-29-25(18)27/h3-6,9-10,15,30H,7-8,11-14H2,1-2H3,(H2,27,28,29). The number of carbonyl (C=O) groups is 1. The minimum Gasteiger partial charge on any atom is -0.383 e. The summed E-state index contributed by atoms with van der Waals surface area (Å²) < 4.78 is 0. The van der Waals surface area contributed by atoms with Gasteiger partial charge in [0.25, 0.3) is 0 Å². The third-order valence-corrected chi connectivity index (χ3v) is 6.55. The first kappa shape index (κ1) is 22.6. The van der Waals surface area contributed by atoms with Crippen molar-refractivity contribution in [2.75, 3.05) is 39.5 Å². The summed E-state index contributed by atoms with van der Waals surface area (Å²) in [5, 5.41) is 2.70. The van der Waals surface area contributed by atoms with Gasteiger partial charge in [-0.3, -0.25) is 9.69 Å². The summed E-state index contributed by atoms with van der Waals surface area (Å²) in [5.41, 5.74) is 11.2. The Morgan fingerprint density at radius 1 is 1.09 bits per heavy atom. The van der Waals surface area contributed by atoms with E-state index in [1.165, 1.54) is 11.9 Å². The van der Waals surface area contributed by atoms with Gasteiger partial charge in [0.15, 0.2) is 0 Å². The second-order valence-electron chi connectivity index (χ2n) is 9.15. The third-order valence-electron chi connectivity index (χ3n) is 6.32. The summed E-state index contributed by atoms with van der Waals surface area (Å²) in [6, 6.07) is 11.8. The van der Waals surface area contributed by atoms with Gasteiger partial charge in [-0.2, -0.15) is 0 Å². The van der Waals surface area contributed by atoms with Crippen LogP contribution in [0.3, 0.4) is 0 Å². The lowest BCUT2D eigenvalue weighted by atomic mass is 10.1. The van der Waals surface area contributed by atoms with Gasteiger partial charge in [0.1, 0.15) is 12.1 Å². The van der Waals surface area contributed by atoms with Crippen LogP contribution in [0.15, 0.2) is 42.7 Å². The largest absolute Gasteiger partial charge is 0.383 e. The Balaban J connectivity index is 1.29. The summed E-state index contributed by atoms with van der Waals surface area (Å²) in [6.45, 7) is 3.94. The van der Waals surface area contributed by atoms with Gasteiger partial charge in [-0.1, -0.05) is 17.7 Å². The normalized spacial score (nSPS) is 15.2. The van der Waals surface area contributed by atoms with E-state index in [9.17, 15) is 4.79 Å². The summed E-state index contributed by atoms with van der Waals surface area (Å²) in [5.74, 6) is 0.594. The average molecular weight is 478 g/mol. The predicted molar refractivity (Wildman–Crippen MR) is 135 cm³/mol. The Morgan fingerprint density at radius 2 is 1.94 bits per heavy atom. The molecule has 0 spiro atoms. The van der Waals surface area contributed by atoms with Crippen LogP contribution in [0, 0.1) is 0 Å². The molecule has 5 rings (SSSR count). The highest BCUT2D eigenvalue weighted by atomic mass is 35.5. The molecular formula is C25H28ClN7O. The third kappa shape index (κ3) is 4.57. The van der Waals surface area contributed by atoms with Crippen LogP contribution in [0.4, 0.5) is 5.82 Å². The first-order valence-electron chi connectivity index (χ1n) is 11.3. The molecule has 0 atom stereocenters. The van der Waals surface area contributed by atoms with Crippen molar-refractivity contribution in [3.8, 4) is 0 Å². The zero-order valence-electron chi connectivity index (χ0n) is 19.4. The molecule has 4 aromatic rings. The molecule has 3 N–H and O–H groups in total. The highest BCUT2D eigenvalue weighted by molar-refractivity contribution is 6.31. The summed E-state index contributed by atoms with van der Waals surface area (Å²) in [4.78, 5) is 31.2. The number of carbonyl (C=O) groups excluding carboxylic acids is 1. The number of anilines is 1. The van der Waals surface area contributed by atoms with Crippen molar-refractivity contribution >= 4 is 45.1 Å². The Hall–Kier alpha value is -3.20. The van der Waals surface area contributed by atoms with E-state index in [1.54, 1.807) is 0 Å². The molecule has 0 saturated carbocycles. The number of amides is 1. The number of nitrogen functional groups attached to an aromatic ring is 1. The van der Waals surface area contributed by atoms with E-state index in [-0.39, 0.29) is 5.91 Å². The van der Waals surface area contributed by atoms with E-state index < -0.39 is 0 Å². The van der Waals surface area contributed by atoms with Crippen molar-refractivity contribution in [3.63, 3.8) is 0 Å². The monoisotopic (exact) mass is 477 g/mol. The number of H-pyrrole nitrogens is 1. The number of halogens is 1. The molecule has 0 aliphatic carbocycles. The second-order valence-corrected chi connectivity index (χ2v) is 9.58. The molecule has 0 unspecified atom stereocenters. The Labute approximate surface area is 203 Å². The van der Waals surface area contributed by atoms with Gasteiger partial charge in [0.05, 0.1) is 12.1 Å². The number of hydrogen-bond acceptors (Lipinski definition) is 6.